The normalized spacial score (nSPS) is 10.7. The van der Waals surface area contributed by atoms with Crippen molar-refractivity contribution in [2.75, 3.05) is 0 Å². The Balaban J connectivity index is 1.70. The molecule has 3 heteroatoms. The Morgan fingerprint density at radius 1 is 1.00 bits per heavy atom. The zero-order chi connectivity index (χ0) is 12.2. The molecule has 3 aromatic rings. The van der Waals surface area contributed by atoms with Crippen LogP contribution in [-0.4, -0.2) is 9.97 Å². The van der Waals surface area contributed by atoms with Crippen molar-refractivity contribution in [3.05, 3.63) is 64.7 Å². The standard InChI is InChI=1S/C15H14N2S/c1-2-5-12(6-3-1)14-11-16-15(17-14)9-8-13-7-4-10-18-13/h1-7,10-11H,8-9H2,(H,16,17). The first kappa shape index (κ1) is 11.2. The summed E-state index contributed by atoms with van der Waals surface area (Å²) in [4.78, 5) is 9.30. The summed E-state index contributed by atoms with van der Waals surface area (Å²) in [6.07, 6.45) is 4.01. The van der Waals surface area contributed by atoms with Gasteiger partial charge in [0, 0.05) is 23.1 Å². The van der Waals surface area contributed by atoms with Crippen molar-refractivity contribution >= 4 is 11.3 Å². The molecule has 0 atom stereocenters. The minimum atomic E-state index is 0.966. The van der Waals surface area contributed by atoms with Gasteiger partial charge >= 0.3 is 0 Å². The molecule has 0 spiro atoms. The third-order valence-electron chi connectivity index (χ3n) is 2.89. The highest BCUT2D eigenvalue weighted by Gasteiger charge is 2.04. The fourth-order valence-electron chi connectivity index (χ4n) is 1.94. The van der Waals surface area contributed by atoms with Gasteiger partial charge < -0.3 is 4.98 Å². The number of aromatic amines is 1. The maximum atomic E-state index is 4.63. The topological polar surface area (TPSA) is 28.7 Å². The van der Waals surface area contributed by atoms with E-state index in [1.54, 1.807) is 11.3 Å². The van der Waals surface area contributed by atoms with E-state index in [1.165, 1.54) is 4.88 Å². The lowest BCUT2D eigenvalue weighted by Crippen LogP contribution is -1.91. The zero-order valence-corrected chi connectivity index (χ0v) is 10.8. The molecule has 0 aliphatic rings. The fourth-order valence-corrected chi connectivity index (χ4v) is 2.65. The second-order valence-electron chi connectivity index (χ2n) is 4.18. The second-order valence-corrected chi connectivity index (χ2v) is 5.21. The molecule has 1 N–H and O–H groups in total. The second kappa shape index (κ2) is 5.19. The minimum Gasteiger partial charge on any atom is -0.348 e. The van der Waals surface area contributed by atoms with Crippen LogP contribution in [-0.2, 0) is 12.8 Å². The molecule has 0 saturated heterocycles. The predicted molar refractivity (Wildman–Crippen MR) is 75.8 cm³/mol. The van der Waals surface area contributed by atoms with Crippen molar-refractivity contribution in [2.45, 2.75) is 12.8 Å². The van der Waals surface area contributed by atoms with Crippen LogP contribution in [0.25, 0.3) is 11.3 Å². The molecule has 0 radical (unpaired) electrons. The van der Waals surface area contributed by atoms with Gasteiger partial charge in [0.25, 0.3) is 0 Å². The number of benzene rings is 1. The molecule has 18 heavy (non-hydrogen) atoms. The summed E-state index contributed by atoms with van der Waals surface area (Å²) in [7, 11) is 0. The van der Waals surface area contributed by atoms with Crippen molar-refractivity contribution in [3.8, 4) is 11.3 Å². The number of aromatic nitrogens is 2. The van der Waals surface area contributed by atoms with Gasteiger partial charge in [0.05, 0.1) is 5.69 Å². The molecule has 3 rings (SSSR count). The van der Waals surface area contributed by atoms with Crippen molar-refractivity contribution < 1.29 is 0 Å². The molecular formula is C15H14N2S. The number of aryl methyl sites for hydroxylation is 2. The van der Waals surface area contributed by atoms with Gasteiger partial charge in [-0.05, 0) is 17.9 Å². The first-order valence-electron chi connectivity index (χ1n) is 6.04. The zero-order valence-electron chi connectivity index (χ0n) is 9.97. The molecule has 2 heterocycles. The van der Waals surface area contributed by atoms with E-state index >= 15 is 0 Å². The molecule has 0 bridgehead atoms. The highest BCUT2D eigenvalue weighted by atomic mass is 32.1. The summed E-state index contributed by atoms with van der Waals surface area (Å²) in [5.41, 5.74) is 2.19. The van der Waals surface area contributed by atoms with Crippen LogP contribution >= 0.6 is 11.3 Å². The Morgan fingerprint density at radius 3 is 2.67 bits per heavy atom. The third kappa shape index (κ3) is 2.51. The van der Waals surface area contributed by atoms with Crippen molar-refractivity contribution in [1.82, 2.24) is 9.97 Å². The molecule has 2 nitrogen and oxygen atoms in total. The van der Waals surface area contributed by atoms with Gasteiger partial charge in [0.1, 0.15) is 5.82 Å². The highest BCUT2D eigenvalue weighted by Crippen LogP contribution is 2.17. The van der Waals surface area contributed by atoms with Crippen LogP contribution in [0.3, 0.4) is 0 Å². The Hall–Kier alpha value is -1.87. The maximum absolute atomic E-state index is 4.63. The molecule has 1 aromatic carbocycles. The fraction of sp³-hybridized carbons (Fsp3) is 0.133. The van der Waals surface area contributed by atoms with Gasteiger partial charge in [-0.3, -0.25) is 0 Å². The number of nitrogens with zero attached hydrogens (tertiary/aromatic N) is 1. The molecule has 0 saturated carbocycles. The third-order valence-corrected chi connectivity index (χ3v) is 3.82. The first-order chi connectivity index (χ1) is 8.92. The first-order valence-corrected chi connectivity index (χ1v) is 6.92. The number of thiophene rings is 1. The van der Waals surface area contributed by atoms with Crippen LogP contribution in [0.2, 0.25) is 0 Å². The predicted octanol–water partition coefficient (Wildman–Crippen LogP) is 3.92. The number of hydrogen-bond acceptors (Lipinski definition) is 2. The van der Waals surface area contributed by atoms with Crippen LogP contribution < -0.4 is 0 Å². The lowest BCUT2D eigenvalue weighted by molar-refractivity contribution is 0.897. The number of hydrogen-bond donors (Lipinski definition) is 1. The van der Waals surface area contributed by atoms with Crippen LogP contribution in [0.1, 0.15) is 10.7 Å². The van der Waals surface area contributed by atoms with Gasteiger partial charge in [0.2, 0.25) is 0 Å². The quantitative estimate of drug-likeness (QED) is 0.751. The van der Waals surface area contributed by atoms with E-state index in [0.717, 1.165) is 29.9 Å². The molecule has 0 amide bonds. The Kier molecular flexibility index (Phi) is 3.24. The van der Waals surface area contributed by atoms with E-state index in [1.807, 2.05) is 24.4 Å². The lowest BCUT2D eigenvalue weighted by atomic mass is 10.2. The van der Waals surface area contributed by atoms with E-state index in [0.29, 0.717) is 0 Å². The summed E-state index contributed by atoms with van der Waals surface area (Å²) in [6.45, 7) is 0. The number of rotatable bonds is 4. The Bertz CT molecular complexity index is 596. The molecule has 0 aliphatic heterocycles. The van der Waals surface area contributed by atoms with Gasteiger partial charge in [-0.15, -0.1) is 11.3 Å². The molecule has 0 aliphatic carbocycles. The van der Waals surface area contributed by atoms with E-state index < -0.39 is 0 Å². The van der Waals surface area contributed by atoms with Crippen LogP contribution in [0.15, 0.2) is 54.0 Å². The summed E-state index contributed by atoms with van der Waals surface area (Å²) in [5, 5.41) is 2.12. The van der Waals surface area contributed by atoms with E-state index in [9.17, 15) is 0 Å². The van der Waals surface area contributed by atoms with Crippen LogP contribution in [0.4, 0.5) is 0 Å². The summed E-state index contributed by atoms with van der Waals surface area (Å²) >= 11 is 1.80. The van der Waals surface area contributed by atoms with Gasteiger partial charge in [-0.1, -0.05) is 36.4 Å². The number of imidazole rings is 1. The Morgan fingerprint density at radius 2 is 1.89 bits per heavy atom. The molecule has 0 unspecified atom stereocenters. The van der Waals surface area contributed by atoms with Gasteiger partial charge in [-0.25, -0.2) is 4.98 Å². The minimum absolute atomic E-state index is 0.966. The smallest absolute Gasteiger partial charge is 0.107 e. The van der Waals surface area contributed by atoms with Crippen molar-refractivity contribution in [1.29, 1.82) is 0 Å². The monoisotopic (exact) mass is 254 g/mol. The number of H-pyrrole nitrogens is 1. The average molecular weight is 254 g/mol. The highest BCUT2D eigenvalue weighted by molar-refractivity contribution is 7.09. The number of nitrogens with one attached hydrogen (secondary N) is 1. The van der Waals surface area contributed by atoms with Crippen LogP contribution in [0.5, 0.6) is 0 Å². The molecule has 0 fully saturated rings. The van der Waals surface area contributed by atoms with E-state index in [-0.39, 0.29) is 0 Å². The molecule has 90 valence electrons. The van der Waals surface area contributed by atoms with Crippen molar-refractivity contribution in [2.24, 2.45) is 0 Å². The maximum Gasteiger partial charge on any atom is 0.107 e. The van der Waals surface area contributed by atoms with Crippen molar-refractivity contribution in [3.63, 3.8) is 0 Å². The summed E-state index contributed by atoms with van der Waals surface area (Å²) < 4.78 is 0. The van der Waals surface area contributed by atoms with Crippen LogP contribution in [0, 0.1) is 0 Å². The van der Waals surface area contributed by atoms with Gasteiger partial charge in [0.15, 0.2) is 0 Å². The lowest BCUT2D eigenvalue weighted by Gasteiger charge is -1.95. The summed E-state index contributed by atoms with van der Waals surface area (Å²) in [5.74, 6) is 1.06. The summed E-state index contributed by atoms with van der Waals surface area (Å²) in [6, 6.07) is 14.5. The van der Waals surface area contributed by atoms with E-state index in [4.69, 9.17) is 0 Å². The molecule has 2 aromatic heterocycles. The average Bonchev–Trinajstić information content (AvgIpc) is 3.09. The largest absolute Gasteiger partial charge is 0.348 e. The SMILES string of the molecule is c1ccc(-c2c[nH]c(CCc3cccs3)n2)cc1. The van der Waals surface area contributed by atoms with E-state index in [2.05, 4.69) is 39.6 Å². The Labute approximate surface area is 110 Å². The molecular weight excluding hydrogens is 240 g/mol. The van der Waals surface area contributed by atoms with Gasteiger partial charge in [-0.2, -0.15) is 0 Å².